The average Bonchev–Trinajstić information content (AvgIpc) is 3.66. The van der Waals surface area contributed by atoms with Gasteiger partial charge in [-0.2, -0.15) is 5.26 Å². The summed E-state index contributed by atoms with van der Waals surface area (Å²) in [6, 6.07) is 18.5. The summed E-state index contributed by atoms with van der Waals surface area (Å²) < 4.78 is 26.8. The van der Waals surface area contributed by atoms with E-state index in [1.165, 1.54) is 6.20 Å². The van der Waals surface area contributed by atoms with Gasteiger partial charge in [0.05, 0.1) is 28.0 Å². The molecule has 2 N–H and O–H groups in total. The fourth-order valence-corrected chi connectivity index (χ4v) is 4.61. The summed E-state index contributed by atoms with van der Waals surface area (Å²) in [6.45, 7) is 3.38. The number of benzene rings is 2. The molecule has 0 radical (unpaired) electrons. The molecule has 1 aromatic heterocycles. The highest BCUT2D eigenvalue weighted by atomic mass is 32.2. The van der Waals surface area contributed by atoms with Gasteiger partial charge in [-0.1, -0.05) is 36.4 Å². The Morgan fingerprint density at radius 1 is 1.12 bits per heavy atom. The number of nitriles is 1. The van der Waals surface area contributed by atoms with Crippen molar-refractivity contribution in [3.8, 4) is 17.2 Å². The van der Waals surface area contributed by atoms with Crippen molar-refractivity contribution in [3.05, 3.63) is 72.1 Å². The van der Waals surface area contributed by atoms with E-state index in [2.05, 4.69) is 26.1 Å². The minimum atomic E-state index is -3.51. The zero-order valence-electron chi connectivity index (χ0n) is 18.2. The van der Waals surface area contributed by atoms with E-state index in [0.29, 0.717) is 29.8 Å². The molecular formula is C24H23N5O3S. The number of nitrogens with one attached hydrogen (secondary N) is 2. The van der Waals surface area contributed by atoms with E-state index in [9.17, 15) is 18.5 Å². The largest absolute Gasteiger partial charge is 0.325 e. The van der Waals surface area contributed by atoms with Gasteiger partial charge in [-0.15, -0.1) is 0 Å². The molecule has 0 unspecified atom stereocenters. The highest BCUT2D eigenvalue weighted by molar-refractivity contribution is 7.93. The van der Waals surface area contributed by atoms with Crippen molar-refractivity contribution in [1.29, 1.82) is 5.26 Å². The Kier molecular flexibility index (Phi) is 5.87. The summed E-state index contributed by atoms with van der Waals surface area (Å²) >= 11 is 0. The standard InChI is InChI=1S/C24H23N5O3S/c1-24(2,21-12-13-26-23(28-21)29-33(31,32)19-9-10-19)22(30)27-18-8-11-20(17(14-18)15-25)16-6-4-3-5-7-16/h3-8,11-14,19H,9-10H2,1-2H3,(H,27,30)(H,26,28,29). The fraction of sp³-hybridized carbons (Fsp3) is 0.250. The molecule has 0 bridgehead atoms. The second-order valence-electron chi connectivity index (χ2n) is 8.43. The highest BCUT2D eigenvalue weighted by Gasteiger charge is 2.37. The smallest absolute Gasteiger partial charge is 0.237 e. The van der Waals surface area contributed by atoms with Crippen LogP contribution in [0.15, 0.2) is 60.8 Å². The molecule has 168 valence electrons. The number of carbonyl (C=O) groups is 1. The number of amides is 1. The van der Waals surface area contributed by atoms with Crippen LogP contribution in [0.25, 0.3) is 11.1 Å². The predicted molar refractivity (Wildman–Crippen MR) is 126 cm³/mol. The van der Waals surface area contributed by atoms with Crippen LogP contribution in [0.2, 0.25) is 0 Å². The van der Waals surface area contributed by atoms with Gasteiger partial charge in [0.15, 0.2) is 0 Å². The summed E-state index contributed by atoms with van der Waals surface area (Å²) in [5, 5.41) is 12.0. The molecule has 1 heterocycles. The van der Waals surface area contributed by atoms with Gasteiger partial charge in [0.1, 0.15) is 0 Å². The lowest BCUT2D eigenvalue weighted by Crippen LogP contribution is -2.36. The van der Waals surface area contributed by atoms with E-state index < -0.39 is 20.7 Å². The van der Waals surface area contributed by atoms with Gasteiger partial charge in [0, 0.05) is 11.9 Å². The molecule has 2 aromatic carbocycles. The Morgan fingerprint density at radius 3 is 2.52 bits per heavy atom. The van der Waals surface area contributed by atoms with Crippen LogP contribution in [0.4, 0.5) is 11.6 Å². The van der Waals surface area contributed by atoms with Crippen LogP contribution in [0.1, 0.15) is 37.9 Å². The SMILES string of the molecule is CC(C)(C(=O)Nc1ccc(-c2ccccc2)c(C#N)c1)c1ccnc(NS(=O)(=O)C2CC2)n1. The molecule has 1 aliphatic rings. The van der Waals surface area contributed by atoms with E-state index in [1.54, 1.807) is 38.1 Å². The summed E-state index contributed by atoms with van der Waals surface area (Å²) in [5.74, 6) is -0.409. The molecule has 4 rings (SSSR count). The number of anilines is 2. The van der Waals surface area contributed by atoms with Gasteiger partial charge in [0.25, 0.3) is 0 Å². The zero-order valence-corrected chi connectivity index (χ0v) is 19.1. The Labute approximate surface area is 192 Å². The molecule has 1 aliphatic carbocycles. The van der Waals surface area contributed by atoms with E-state index in [4.69, 9.17) is 0 Å². The second-order valence-corrected chi connectivity index (χ2v) is 10.4. The van der Waals surface area contributed by atoms with Crippen LogP contribution in [0, 0.1) is 11.3 Å². The number of hydrogen-bond donors (Lipinski definition) is 2. The molecule has 8 nitrogen and oxygen atoms in total. The molecular weight excluding hydrogens is 438 g/mol. The molecule has 3 aromatic rings. The molecule has 0 aliphatic heterocycles. The number of sulfonamides is 1. The molecule has 0 saturated heterocycles. The first kappa shape index (κ1) is 22.4. The Morgan fingerprint density at radius 2 is 1.85 bits per heavy atom. The molecule has 0 atom stereocenters. The number of carbonyl (C=O) groups excluding carboxylic acids is 1. The van der Waals surface area contributed by atoms with Crippen molar-refractivity contribution in [2.75, 3.05) is 10.0 Å². The Hall–Kier alpha value is -3.77. The summed E-state index contributed by atoms with van der Waals surface area (Å²) in [4.78, 5) is 21.4. The monoisotopic (exact) mass is 461 g/mol. The van der Waals surface area contributed by atoms with Crippen LogP contribution in [0.3, 0.4) is 0 Å². The third-order valence-corrected chi connectivity index (χ3v) is 7.36. The normalized spacial score (nSPS) is 13.7. The van der Waals surface area contributed by atoms with Crippen molar-refractivity contribution >= 4 is 27.6 Å². The maximum absolute atomic E-state index is 13.1. The lowest BCUT2D eigenvalue weighted by Gasteiger charge is -2.23. The van der Waals surface area contributed by atoms with E-state index >= 15 is 0 Å². The van der Waals surface area contributed by atoms with Crippen molar-refractivity contribution in [2.45, 2.75) is 37.4 Å². The Bertz CT molecular complexity index is 1340. The van der Waals surface area contributed by atoms with Crippen molar-refractivity contribution < 1.29 is 13.2 Å². The van der Waals surface area contributed by atoms with Gasteiger partial charge in [0.2, 0.25) is 21.9 Å². The first-order valence-electron chi connectivity index (χ1n) is 10.5. The molecule has 0 spiro atoms. The van der Waals surface area contributed by atoms with Gasteiger partial charge >= 0.3 is 0 Å². The first-order valence-corrected chi connectivity index (χ1v) is 12.0. The van der Waals surface area contributed by atoms with E-state index in [1.807, 2.05) is 30.3 Å². The minimum absolute atomic E-state index is 0.0562. The maximum Gasteiger partial charge on any atom is 0.237 e. The molecule has 1 fully saturated rings. The maximum atomic E-state index is 13.1. The van der Waals surface area contributed by atoms with Crippen LogP contribution in [-0.4, -0.2) is 29.5 Å². The molecule has 1 saturated carbocycles. The molecule has 1 amide bonds. The van der Waals surface area contributed by atoms with E-state index in [-0.39, 0.29) is 11.9 Å². The third-order valence-electron chi connectivity index (χ3n) is 5.54. The minimum Gasteiger partial charge on any atom is -0.325 e. The molecule has 9 heteroatoms. The van der Waals surface area contributed by atoms with Gasteiger partial charge < -0.3 is 5.32 Å². The summed E-state index contributed by atoms with van der Waals surface area (Å²) in [7, 11) is -3.51. The zero-order chi connectivity index (χ0) is 23.6. The van der Waals surface area contributed by atoms with Crippen LogP contribution < -0.4 is 10.0 Å². The van der Waals surface area contributed by atoms with E-state index in [0.717, 1.165) is 11.1 Å². The predicted octanol–water partition coefficient (Wildman–Crippen LogP) is 3.84. The number of aromatic nitrogens is 2. The second kappa shape index (κ2) is 8.64. The molecule has 33 heavy (non-hydrogen) atoms. The van der Waals surface area contributed by atoms with Crippen molar-refractivity contribution in [1.82, 2.24) is 9.97 Å². The average molecular weight is 462 g/mol. The number of rotatable bonds is 7. The van der Waals surface area contributed by atoms with Crippen molar-refractivity contribution in [2.24, 2.45) is 0 Å². The summed E-state index contributed by atoms with van der Waals surface area (Å²) in [6.07, 6.45) is 2.66. The quantitative estimate of drug-likeness (QED) is 0.551. The number of nitrogens with zero attached hydrogens (tertiary/aromatic N) is 3. The topological polar surface area (TPSA) is 125 Å². The van der Waals surface area contributed by atoms with Crippen LogP contribution in [-0.2, 0) is 20.2 Å². The lowest BCUT2D eigenvalue weighted by molar-refractivity contribution is -0.120. The van der Waals surface area contributed by atoms with Crippen molar-refractivity contribution in [3.63, 3.8) is 0 Å². The van der Waals surface area contributed by atoms with Gasteiger partial charge in [-0.05, 0) is 56.0 Å². The number of hydrogen-bond acceptors (Lipinski definition) is 6. The lowest BCUT2D eigenvalue weighted by atomic mass is 9.87. The first-order chi connectivity index (χ1) is 15.7. The highest BCUT2D eigenvalue weighted by Crippen LogP contribution is 2.30. The Balaban J connectivity index is 1.54. The summed E-state index contributed by atoms with van der Waals surface area (Å²) in [5.41, 5.74) is 1.88. The third kappa shape index (κ3) is 4.86. The van der Waals surface area contributed by atoms with Crippen LogP contribution in [0.5, 0.6) is 0 Å². The van der Waals surface area contributed by atoms with Gasteiger partial charge in [-0.25, -0.2) is 18.4 Å². The van der Waals surface area contributed by atoms with Crippen LogP contribution >= 0.6 is 0 Å². The van der Waals surface area contributed by atoms with Gasteiger partial charge in [-0.3, -0.25) is 9.52 Å². The fourth-order valence-electron chi connectivity index (χ4n) is 3.33.